The Morgan fingerprint density at radius 1 is 1.47 bits per heavy atom. The first kappa shape index (κ1) is 10.5. The number of likely N-dealkylation sites (tertiary alicyclic amines) is 1. The minimum Gasteiger partial charge on any atom is -0.335 e. The van der Waals surface area contributed by atoms with Gasteiger partial charge in [0.05, 0.1) is 0 Å². The molecular weight excluding hydrogens is 192 g/mol. The van der Waals surface area contributed by atoms with Crippen LogP contribution in [0.1, 0.15) is 33.1 Å². The van der Waals surface area contributed by atoms with Gasteiger partial charge in [-0.05, 0) is 12.8 Å². The molecule has 0 aromatic rings. The summed E-state index contributed by atoms with van der Waals surface area (Å²) in [5, 5.41) is 2.95. The summed E-state index contributed by atoms with van der Waals surface area (Å²) in [5.74, 6) is 0.262. The Kier molecular flexibility index (Phi) is 2.44. The highest BCUT2D eigenvalue weighted by atomic mass is 16.2. The van der Waals surface area contributed by atoms with E-state index in [4.69, 9.17) is 0 Å². The van der Waals surface area contributed by atoms with Gasteiger partial charge in [-0.25, -0.2) is 4.79 Å². The Morgan fingerprint density at radius 3 is 2.67 bits per heavy atom. The molecule has 84 valence electrons. The maximum Gasteiger partial charge on any atom is 0.317 e. The monoisotopic (exact) mass is 210 g/mol. The van der Waals surface area contributed by atoms with Crippen molar-refractivity contribution in [3.8, 4) is 0 Å². The highest BCUT2D eigenvalue weighted by molar-refractivity contribution is 5.87. The van der Waals surface area contributed by atoms with E-state index in [1.807, 2.05) is 13.8 Å². The number of amides is 2. The molecule has 0 aromatic carbocycles. The van der Waals surface area contributed by atoms with E-state index in [-0.39, 0.29) is 17.2 Å². The quantitative estimate of drug-likeness (QED) is 0.706. The second-order valence-corrected chi connectivity index (χ2v) is 5.20. The average Bonchev–Trinajstić information content (AvgIpc) is 2.93. The predicted molar refractivity (Wildman–Crippen MR) is 56.5 cm³/mol. The molecular formula is C11H18N2O2. The molecule has 0 aromatic heterocycles. The van der Waals surface area contributed by atoms with Crippen molar-refractivity contribution in [2.24, 2.45) is 5.41 Å². The van der Waals surface area contributed by atoms with E-state index < -0.39 is 0 Å². The number of nitrogens with one attached hydrogen (secondary N) is 1. The number of piperidine rings is 1. The zero-order chi connectivity index (χ0) is 11.1. The molecule has 0 bridgehead atoms. The smallest absolute Gasteiger partial charge is 0.317 e. The third-order valence-corrected chi connectivity index (χ3v) is 3.14. The molecule has 2 fully saturated rings. The molecule has 2 amide bonds. The molecule has 4 nitrogen and oxygen atoms in total. The van der Waals surface area contributed by atoms with Crippen molar-refractivity contribution >= 4 is 11.8 Å². The van der Waals surface area contributed by atoms with E-state index in [0.717, 1.165) is 12.8 Å². The molecule has 2 rings (SSSR count). The largest absolute Gasteiger partial charge is 0.335 e. The normalized spacial score (nSPS) is 25.2. The molecule has 1 N–H and O–H groups in total. The van der Waals surface area contributed by atoms with Crippen molar-refractivity contribution < 1.29 is 9.59 Å². The Morgan fingerprint density at radius 2 is 2.13 bits per heavy atom. The fourth-order valence-electron chi connectivity index (χ4n) is 1.89. The van der Waals surface area contributed by atoms with E-state index in [1.165, 1.54) is 0 Å². The first-order valence-corrected chi connectivity index (χ1v) is 5.58. The fraction of sp³-hybridized carbons (Fsp3) is 0.818. The van der Waals surface area contributed by atoms with Crippen molar-refractivity contribution in [3.63, 3.8) is 0 Å². The van der Waals surface area contributed by atoms with Gasteiger partial charge in [-0.3, -0.25) is 4.79 Å². The lowest BCUT2D eigenvalue weighted by atomic mass is 9.83. The van der Waals surface area contributed by atoms with E-state index in [9.17, 15) is 9.59 Å². The Hall–Kier alpha value is -1.06. The van der Waals surface area contributed by atoms with Crippen LogP contribution in [-0.2, 0) is 4.79 Å². The van der Waals surface area contributed by atoms with Crippen molar-refractivity contribution in [2.75, 3.05) is 13.1 Å². The highest BCUT2D eigenvalue weighted by Crippen LogP contribution is 2.26. The van der Waals surface area contributed by atoms with E-state index in [1.54, 1.807) is 4.90 Å². The number of urea groups is 1. The van der Waals surface area contributed by atoms with Crippen LogP contribution in [0.4, 0.5) is 4.79 Å². The van der Waals surface area contributed by atoms with Gasteiger partial charge in [-0.2, -0.15) is 0 Å². The van der Waals surface area contributed by atoms with Crippen LogP contribution in [0.5, 0.6) is 0 Å². The second-order valence-electron chi connectivity index (χ2n) is 5.20. The number of Topliss-reactive ketones (excluding diaryl/α,β-unsaturated/α-hetero) is 1. The van der Waals surface area contributed by atoms with Crippen LogP contribution in [0.15, 0.2) is 0 Å². The second kappa shape index (κ2) is 3.51. The van der Waals surface area contributed by atoms with E-state index in [0.29, 0.717) is 25.6 Å². The van der Waals surface area contributed by atoms with Gasteiger partial charge in [0, 0.05) is 31.0 Å². The van der Waals surface area contributed by atoms with Gasteiger partial charge in [-0.15, -0.1) is 0 Å². The van der Waals surface area contributed by atoms with Gasteiger partial charge >= 0.3 is 6.03 Å². The van der Waals surface area contributed by atoms with Gasteiger partial charge in [0.15, 0.2) is 0 Å². The summed E-state index contributed by atoms with van der Waals surface area (Å²) in [6, 6.07) is 0.385. The zero-order valence-corrected chi connectivity index (χ0v) is 9.38. The molecule has 0 unspecified atom stereocenters. The van der Waals surface area contributed by atoms with Crippen LogP contribution >= 0.6 is 0 Å². The molecule has 0 radical (unpaired) electrons. The van der Waals surface area contributed by atoms with Gasteiger partial charge in [0.2, 0.25) is 0 Å². The van der Waals surface area contributed by atoms with Crippen molar-refractivity contribution in [1.29, 1.82) is 0 Å². The van der Waals surface area contributed by atoms with Crippen LogP contribution in [0.25, 0.3) is 0 Å². The Bertz CT molecular complexity index is 295. The van der Waals surface area contributed by atoms with Crippen LogP contribution in [0.3, 0.4) is 0 Å². The minimum absolute atomic E-state index is 0.00178. The lowest BCUT2D eigenvalue weighted by Gasteiger charge is -2.36. The maximum atomic E-state index is 11.7. The first-order valence-electron chi connectivity index (χ1n) is 5.58. The molecule has 1 saturated carbocycles. The summed E-state index contributed by atoms with van der Waals surface area (Å²) in [6.07, 6.45) is 2.69. The van der Waals surface area contributed by atoms with Crippen LogP contribution < -0.4 is 5.32 Å². The lowest BCUT2D eigenvalue weighted by molar-refractivity contribution is -0.130. The van der Waals surface area contributed by atoms with E-state index >= 15 is 0 Å². The molecule has 15 heavy (non-hydrogen) atoms. The lowest BCUT2D eigenvalue weighted by Crippen LogP contribution is -2.52. The number of ketones is 1. The van der Waals surface area contributed by atoms with Crippen LogP contribution in [0.2, 0.25) is 0 Å². The Labute approximate surface area is 90.0 Å². The molecule has 0 spiro atoms. The van der Waals surface area contributed by atoms with Gasteiger partial charge in [-0.1, -0.05) is 13.8 Å². The molecule has 2 aliphatic rings. The van der Waals surface area contributed by atoms with Gasteiger partial charge in [0.25, 0.3) is 0 Å². The van der Waals surface area contributed by atoms with E-state index in [2.05, 4.69) is 5.32 Å². The standard InChI is InChI=1S/C11H18N2O2/c1-11(2)7-13(6-5-9(11)14)10(15)12-8-3-4-8/h8H,3-7H2,1-2H3,(H,12,15). The summed E-state index contributed by atoms with van der Waals surface area (Å²) < 4.78 is 0. The number of rotatable bonds is 1. The molecule has 1 aliphatic carbocycles. The highest BCUT2D eigenvalue weighted by Gasteiger charge is 2.37. The SMILES string of the molecule is CC1(C)CN(C(=O)NC2CC2)CCC1=O. The number of carbonyl (C=O) groups is 2. The summed E-state index contributed by atoms with van der Waals surface area (Å²) >= 11 is 0. The van der Waals surface area contributed by atoms with Gasteiger partial charge < -0.3 is 10.2 Å². The van der Waals surface area contributed by atoms with Crippen LogP contribution in [0, 0.1) is 5.41 Å². The van der Waals surface area contributed by atoms with Crippen molar-refractivity contribution in [3.05, 3.63) is 0 Å². The Balaban J connectivity index is 1.93. The number of hydrogen-bond donors (Lipinski definition) is 1. The average molecular weight is 210 g/mol. The predicted octanol–water partition coefficient (Wildman–Crippen LogP) is 1.16. The van der Waals surface area contributed by atoms with Crippen molar-refractivity contribution in [2.45, 2.75) is 39.2 Å². The molecule has 1 heterocycles. The molecule has 0 atom stereocenters. The molecule has 1 aliphatic heterocycles. The molecule has 1 saturated heterocycles. The first-order chi connectivity index (χ1) is 6.99. The summed E-state index contributed by atoms with van der Waals surface area (Å²) in [6.45, 7) is 4.93. The topological polar surface area (TPSA) is 49.4 Å². The molecule has 4 heteroatoms. The third kappa shape index (κ3) is 2.30. The number of carbonyl (C=O) groups excluding carboxylic acids is 2. The zero-order valence-electron chi connectivity index (χ0n) is 9.38. The summed E-state index contributed by atoms with van der Waals surface area (Å²) in [7, 11) is 0. The number of hydrogen-bond acceptors (Lipinski definition) is 2. The third-order valence-electron chi connectivity index (χ3n) is 3.14. The van der Waals surface area contributed by atoms with Gasteiger partial charge in [0.1, 0.15) is 5.78 Å². The van der Waals surface area contributed by atoms with Crippen molar-refractivity contribution in [1.82, 2.24) is 10.2 Å². The fourth-order valence-corrected chi connectivity index (χ4v) is 1.89. The number of nitrogens with zero attached hydrogens (tertiary/aromatic N) is 1. The summed E-state index contributed by atoms with van der Waals surface area (Å²) in [4.78, 5) is 25.1. The summed E-state index contributed by atoms with van der Waals surface area (Å²) in [5.41, 5.74) is -0.376. The van der Waals surface area contributed by atoms with Crippen LogP contribution in [-0.4, -0.2) is 35.8 Å². The maximum absolute atomic E-state index is 11.7. The minimum atomic E-state index is -0.376.